The summed E-state index contributed by atoms with van der Waals surface area (Å²) in [7, 11) is -2.08. The number of nitrogens with one attached hydrogen (secondary N) is 2. The lowest BCUT2D eigenvalue weighted by Gasteiger charge is -2.18. The molecule has 1 heterocycles. The first kappa shape index (κ1) is 22.9. The Hall–Kier alpha value is -2.75. The van der Waals surface area contributed by atoms with Gasteiger partial charge in [0.2, 0.25) is 15.9 Å². The molecule has 8 nitrogen and oxygen atoms in total. The van der Waals surface area contributed by atoms with E-state index in [4.69, 9.17) is 4.74 Å². The van der Waals surface area contributed by atoms with Crippen molar-refractivity contribution in [2.45, 2.75) is 37.3 Å². The van der Waals surface area contributed by atoms with Crippen molar-refractivity contribution in [3.63, 3.8) is 0 Å². The Bertz CT molecular complexity index is 1050. The molecule has 2 aromatic carbocycles. The summed E-state index contributed by atoms with van der Waals surface area (Å²) >= 11 is 0. The van der Waals surface area contributed by atoms with Gasteiger partial charge in [-0.2, -0.15) is 0 Å². The van der Waals surface area contributed by atoms with Gasteiger partial charge in [-0.3, -0.25) is 9.59 Å². The normalized spacial score (nSPS) is 16.1. The van der Waals surface area contributed by atoms with E-state index in [1.807, 2.05) is 12.1 Å². The maximum Gasteiger partial charge on any atom is 0.255 e. The molecule has 1 fully saturated rings. The first-order valence-corrected chi connectivity index (χ1v) is 11.6. The highest BCUT2D eigenvalue weighted by Crippen LogP contribution is 2.19. The maximum atomic E-state index is 12.8. The molecule has 0 bridgehead atoms. The average molecular weight is 446 g/mol. The Labute approximate surface area is 182 Å². The zero-order valence-corrected chi connectivity index (χ0v) is 18.4. The molecule has 0 radical (unpaired) electrons. The number of nitrogens with zero attached hydrogens (tertiary/aromatic N) is 1. The van der Waals surface area contributed by atoms with Gasteiger partial charge in [0.25, 0.3) is 5.91 Å². The van der Waals surface area contributed by atoms with Crippen LogP contribution in [0.5, 0.6) is 0 Å². The van der Waals surface area contributed by atoms with Gasteiger partial charge in [-0.1, -0.05) is 24.3 Å². The number of hydrogen-bond donors (Lipinski definition) is 2. The third kappa shape index (κ3) is 6.13. The molecule has 9 heteroatoms. The number of carbonyl (C=O) groups is 2. The van der Waals surface area contributed by atoms with Gasteiger partial charge < -0.3 is 15.0 Å². The number of ether oxygens (including phenoxy) is 1. The Morgan fingerprint density at radius 1 is 1.16 bits per heavy atom. The minimum absolute atomic E-state index is 0.0164. The summed E-state index contributed by atoms with van der Waals surface area (Å²) in [4.78, 5) is 25.9. The Kier molecular flexibility index (Phi) is 7.42. The Balaban J connectivity index is 1.73. The predicted octanol–water partition coefficient (Wildman–Crippen LogP) is 2.37. The summed E-state index contributed by atoms with van der Waals surface area (Å²) < 4.78 is 33.3. The van der Waals surface area contributed by atoms with Gasteiger partial charge in [-0.15, -0.1) is 0 Å². The average Bonchev–Trinajstić information content (AvgIpc) is 3.27. The van der Waals surface area contributed by atoms with E-state index in [1.165, 1.54) is 30.0 Å². The van der Waals surface area contributed by atoms with Crippen molar-refractivity contribution in [3.05, 3.63) is 59.7 Å². The quantitative estimate of drug-likeness (QED) is 0.649. The molecule has 0 saturated carbocycles. The molecule has 1 aliphatic rings. The van der Waals surface area contributed by atoms with E-state index in [9.17, 15) is 18.0 Å². The van der Waals surface area contributed by atoms with Gasteiger partial charge in [-0.25, -0.2) is 13.1 Å². The molecule has 0 aromatic heterocycles. The number of para-hydroxylation sites is 1. The molecule has 3 rings (SSSR count). The monoisotopic (exact) mass is 445 g/mol. The van der Waals surface area contributed by atoms with Gasteiger partial charge in [0.15, 0.2) is 0 Å². The van der Waals surface area contributed by atoms with Crippen LogP contribution in [-0.2, 0) is 26.1 Å². The topological polar surface area (TPSA) is 105 Å². The zero-order chi connectivity index (χ0) is 22.4. The lowest BCUT2D eigenvalue weighted by atomic mass is 10.1. The lowest BCUT2D eigenvalue weighted by Crippen LogP contribution is -2.32. The van der Waals surface area contributed by atoms with Crippen LogP contribution in [0.4, 0.5) is 5.69 Å². The summed E-state index contributed by atoms with van der Waals surface area (Å²) in [5.74, 6) is -0.524. The summed E-state index contributed by atoms with van der Waals surface area (Å²) in [6.45, 7) is 2.66. The second kappa shape index (κ2) is 10.0. The van der Waals surface area contributed by atoms with Gasteiger partial charge >= 0.3 is 0 Å². The van der Waals surface area contributed by atoms with Gasteiger partial charge in [0.05, 0.1) is 11.0 Å². The Morgan fingerprint density at radius 2 is 1.94 bits per heavy atom. The molecular formula is C22H27N3O5S. The first-order valence-electron chi connectivity index (χ1n) is 10.1. The minimum atomic E-state index is -3.76. The maximum absolute atomic E-state index is 12.8. The molecule has 1 atom stereocenters. The number of carbonyl (C=O) groups excluding carboxylic acids is 2. The van der Waals surface area contributed by atoms with Crippen LogP contribution in [0.1, 0.15) is 35.7 Å². The standard InChI is InChI=1S/C22H27N3O5S/c1-16(26)25(2)15-18-7-3-4-11-21(18)24-22(27)17-8-5-10-20(13-17)31(28,29)23-14-19-9-6-12-30-19/h3-5,7-8,10-11,13,19,23H,6,9,12,14-15H2,1-2H3,(H,24,27). The van der Waals surface area contributed by atoms with E-state index in [0.717, 1.165) is 18.4 Å². The van der Waals surface area contributed by atoms with Gasteiger partial charge in [-0.05, 0) is 42.7 Å². The van der Waals surface area contributed by atoms with Crippen LogP contribution in [0, 0.1) is 0 Å². The van der Waals surface area contributed by atoms with Crippen LogP contribution in [0.15, 0.2) is 53.4 Å². The molecule has 2 aromatic rings. The molecule has 1 saturated heterocycles. The molecule has 2 N–H and O–H groups in total. The van der Waals surface area contributed by atoms with Crippen LogP contribution in [-0.4, -0.2) is 51.4 Å². The largest absolute Gasteiger partial charge is 0.377 e. The highest BCUT2D eigenvalue weighted by molar-refractivity contribution is 7.89. The number of amides is 2. The fraction of sp³-hybridized carbons (Fsp3) is 0.364. The van der Waals surface area contributed by atoms with Crippen molar-refractivity contribution in [3.8, 4) is 0 Å². The summed E-state index contributed by atoms with van der Waals surface area (Å²) in [5, 5.41) is 2.81. The Morgan fingerprint density at radius 3 is 2.65 bits per heavy atom. The van der Waals surface area contributed by atoms with Crippen LogP contribution < -0.4 is 10.0 Å². The SMILES string of the molecule is CC(=O)N(C)Cc1ccccc1NC(=O)c1cccc(S(=O)(=O)NCC2CCCO2)c1. The van der Waals surface area contributed by atoms with Crippen LogP contribution in [0.2, 0.25) is 0 Å². The lowest BCUT2D eigenvalue weighted by molar-refractivity contribution is -0.128. The third-order valence-electron chi connectivity index (χ3n) is 5.14. The number of rotatable bonds is 8. The molecular weight excluding hydrogens is 418 g/mol. The summed E-state index contributed by atoms with van der Waals surface area (Å²) in [6.07, 6.45) is 1.63. The minimum Gasteiger partial charge on any atom is -0.377 e. The molecule has 0 aliphatic carbocycles. The fourth-order valence-electron chi connectivity index (χ4n) is 3.24. The molecule has 2 amide bonds. The fourth-order valence-corrected chi connectivity index (χ4v) is 4.35. The van der Waals surface area contributed by atoms with Crippen molar-refractivity contribution in [1.82, 2.24) is 9.62 Å². The third-order valence-corrected chi connectivity index (χ3v) is 6.56. The van der Waals surface area contributed by atoms with Crippen molar-refractivity contribution in [2.75, 3.05) is 25.5 Å². The van der Waals surface area contributed by atoms with E-state index in [0.29, 0.717) is 18.8 Å². The van der Waals surface area contributed by atoms with Crippen molar-refractivity contribution < 1.29 is 22.7 Å². The van der Waals surface area contributed by atoms with E-state index in [2.05, 4.69) is 10.0 Å². The van der Waals surface area contributed by atoms with Crippen LogP contribution >= 0.6 is 0 Å². The number of benzene rings is 2. The van der Waals surface area contributed by atoms with E-state index >= 15 is 0 Å². The smallest absolute Gasteiger partial charge is 0.255 e. The van der Waals surface area contributed by atoms with Crippen LogP contribution in [0.25, 0.3) is 0 Å². The van der Waals surface area contributed by atoms with Gasteiger partial charge in [0, 0.05) is 44.9 Å². The highest BCUT2D eigenvalue weighted by atomic mass is 32.2. The van der Waals surface area contributed by atoms with E-state index in [1.54, 1.807) is 25.2 Å². The van der Waals surface area contributed by atoms with E-state index in [-0.39, 0.29) is 29.0 Å². The second-order valence-corrected chi connectivity index (χ2v) is 9.27. The number of anilines is 1. The first-order chi connectivity index (χ1) is 14.8. The molecule has 1 aliphatic heterocycles. The summed E-state index contributed by atoms with van der Waals surface area (Å²) in [5.41, 5.74) is 1.55. The van der Waals surface area contributed by atoms with Crippen molar-refractivity contribution in [2.24, 2.45) is 0 Å². The second-order valence-electron chi connectivity index (χ2n) is 7.50. The molecule has 0 spiro atoms. The van der Waals surface area contributed by atoms with Crippen molar-refractivity contribution in [1.29, 1.82) is 0 Å². The molecule has 166 valence electrons. The highest BCUT2D eigenvalue weighted by Gasteiger charge is 2.21. The zero-order valence-electron chi connectivity index (χ0n) is 17.6. The number of sulfonamides is 1. The summed E-state index contributed by atoms with van der Waals surface area (Å²) in [6, 6.07) is 13.1. The van der Waals surface area contributed by atoms with Crippen molar-refractivity contribution >= 4 is 27.5 Å². The van der Waals surface area contributed by atoms with E-state index < -0.39 is 15.9 Å². The molecule has 1 unspecified atom stereocenters. The predicted molar refractivity (Wildman–Crippen MR) is 117 cm³/mol. The number of hydrogen-bond acceptors (Lipinski definition) is 5. The van der Waals surface area contributed by atoms with Gasteiger partial charge in [0.1, 0.15) is 0 Å². The molecule has 31 heavy (non-hydrogen) atoms. The van der Waals surface area contributed by atoms with Crippen LogP contribution in [0.3, 0.4) is 0 Å².